The van der Waals surface area contributed by atoms with Gasteiger partial charge in [0, 0.05) is 12.6 Å². The summed E-state index contributed by atoms with van der Waals surface area (Å²) in [6.07, 6.45) is 1.10. The number of hydrogen-bond acceptors (Lipinski definition) is 2. The normalized spacial score (nSPS) is 14.8. The summed E-state index contributed by atoms with van der Waals surface area (Å²) in [7, 11) is 1.99. The maximum atomic E-state index is 5.50. The molecule has 1 atom stereocenters. The first kappa shape index (κ1) is 11.9. The monoisotopic (exact) mass is 173 g/mol. The van der Waals surface area contributed by atoms with Crippen molar-refractivity contribution in [2.75, 3.05) is 20.3 Å². The Morgan fingerprint density at radius 1 is 1.33 bits per heavy atom. The zero-order chi connectivity index (χ0) is 9.61. The van der Waals surface area contributed by atoms with Crippen LogP contribution in [0.3, 0.4) is 0 Å². The number of rotatable bonds is 5. The first-order valence-electron chi connectivity index (χ1n) is 4.77. The fourth-order valence-electron chi connectivity index (χ4n) is 1.11. The second kappa shape index (κ2) is 5.55. The minimum atomic E-state index is 0.280. The Morgan fingerprint density at radius 3 is 2.25 bits per heavy atom. The van der Waals surface area contributed by atoms with E-state index in [-0.39, 0.29) is 5.41 Å². The summed E-state index contributed by atoms with van der Waals surface area (Å²) in [6.45, 7) is 10.5. The van der Waals surface area contributed by atoms with E-state index in [1.807, 2.05) is 7.05 Å². The van der Waals surface area contributed by atoms with E-state index in [9.17, 15) is 0 Å². The number of likely N-dealkylation sites (N-methyl/N-ethyl adjacent to an activating group) is 1. The molecule has 0 aromatic heterocycles. The molecule has 0 saturated carbocycles. The van der Waals surface area contributed by atoms with Crippen molar-refractivity contribution in [3.05, 3.63) is 0 Å². The van der Waals surface area contributed by atoms with Crippen LogP contribution >= 0.6 is 0 Å². The van der Waals surface area contributed by atoms with Crippen molar-refractivity contribution >= 4 is 0 Å². The smallest absolute Gasteiger partial charge is 0.0624 e. The Kier molecular flexibility index (Phi) is 5.51. The van der Waals surface area contributed by atoms with Gasteiger partial charge in [0.25, 0.3) is 0 Å². The van der Waals surface area contributed by atoms with E-state index in [2.05, 4.69) is 33.0 Å². The van der Waals surface area contributed by atoms with Crippen LogP contribution in [-0.2, 0) is 4.74 Å². The fraction of sp³-hybridized carbons (Fsp3) is 1.00. The standard InChI is InChI=1S/C10H23NO/c1-6-7-12-8-9(11-5)10(2,3)4/h9,11H,6-8H2,1-5H3. The average molecular weight is 173 g/mol. The predicted molar refractivity (Wildman–Crippen MR) is 53.4 cm³/mol. The quantitative estimate of drug-likeness (QED) is 0.642. The highest BCUT2D eigenvalue weighted by molar-refractivity contribution is 4.78. The van der Waals surface area contributed by atoms with Crippen LogP contribution in [0.5, 0.6) is 0 Å². The highest BCUT2D eigenvalue weighted by Gasteiger charge is 2.22. The lowest BCUT2D eigenvalue weighted by atomic mass is 9.87. The van der Waals surface area contributed by atoms with Gasteiger partial charge in [-0.1, -0.05) is 27.7 Å². The summed E-state index contributed by atoms with van der Waals surface area (Å²) in [5, 5.41) is 3.28. The molecule has 12 heavy (non-hydrogen) atoms. The van der Waals surface area contributed by atoms with Gasteiger partial charge in [0.1, 0.15) is 0 Å². The first-order chi connectivity index (χ1) is 5.52. The Balaban J connectivity index is 3.68. The molecule has 1 unspecified atom stereocenters. The third-order valence-electron chi connectivity index (χ3n) is 2.03. The summed E-state index contributed by atoms with van der Waals surface area (Å²) in [6, 6.07) is 0.448. The Morgan fingerprint density at radius 2 is 1.92 bits per heavy atom. The van der Waals surface area contributed by atoms with E-state index in [1.165, 1.54) is 0 Å². The number of ether oxygens (including phenoxy) is 1. The van der Waals surface area contributed by atoms with Crippen LogP contribution in [0.25, 0.3) is 0 Å². The van der Waals surface area contributed by atoms with Gasteiger partial charge in [-0.25, -0.2) is 0 Å². The molecule has 0 aliphatic heterocycles. The van der Waals surface area contributed by atoms with Gasteiger partial charge in [-0.3, -0.25) is 0 Å². The van der Waals surface area contributed by atoms with Crippen molar-refractivity contribution in [3.63, 3.8) is 0 Å². The van der Waals surface area contributed by atoms with Crippen LogP contribution in [-0.4, -0.2) is 26.3 Å². The van der Waals surface area contributed by atoms with Crippen molar-refractivity contribution in [1.29, 1.82) is 0 Å². The van der Waals surface area contributed by atoms with E-state index in [4.69, 9.17) is 4.74 Å². The second-order valence-corrected chi connectivity index (χ2v) is 4.28. The molecule has 0 aromatic rings. The zero-order valence-corrected chi connectivity index (χ0v) is 9.11. The molecule has 0 spiro atoms. The van der Waals surface area contributed by atoms with Crippen LogP contribution in [0, 0.1) is 5.41 Å². The minimum Gasteiger partial charge on any atom is -0.380 e. The minimum absolute atomic E-state index is 0.280. The topological polar surface area (TPSA) is 21.3 Å². The number of nitrogens with one attached hydrogen (secondary N) is 1. The molecule has 2 nitrogen and oxygen atoms in total. The van der Waals surface area contributed by atoms with Crippen molar-refractivity contribution in [1.82, 2.24) is 5.32 Å². The molecule has 0 bridgehead atoms. The molecule has 1 N–H and O–H groups in total. The van der Waals surface area contributed by atoms with Gasteiger partial charge in [0.05, 0.1) is 6.61 Å². The average Bonchev–Trinajstić information content (AvgIpc) is 1.95. The van der Waals surface area contributed by atoms with Crippen LogP contribution in [0.2, 0.25) is 0 Å². The summed E-state index contributed by atoms with van der Waals surface area (Å²) in [5.41, 5.74) is 0.280. The highest BCUT2D eigenvalue weighted by atomic mass is 16.5. The van der Waals surface area contributed by atoms with Crippen LogP contribution in [0.4, 0.5) is 0 Å². The largest absolute Gasteiger partial charge is 0.380 e. The molecule has 74 valence electrons. The molecular weight excluding hydrogens is 150 g/mol. The molecule has 0 rings (SSSR count). The highest BCUT2D eigenvalue weighted by Crippen LogP contribution is 2.18. The fourth-order valence-corrected chi connectivity index (χ4v) is 1.11. The Labute approximate surface area is 76.7 Å². The second-order valence-electron chi connectivity index (χ2n) is 4.28. The van der Waals surface area contributed by atoms with Gasteiger partial charge in [-0.15, -0.1) is 0 Å². The van der Waals surface area contributed by atoms with Gasteiger partial charge in [-0.05, 0) is 18.9 Å². The van der Waals surface area contributed by atoms with Gasteiger partial charge in [-0.2, -0.15) is 0 Å². The third kappa shape index (κ3) is 4.73. The molecule has 0 aromatic carbocycles. The molecule has 0 radical (unpaired) electrons. The van der Waals surface area contributed by atoms with Crippen molar-refractivity contribution < 1.29 is 4.74 Å². The molecule has 2 heteroatoms. The first-order valence-corrected chi connectivity index (χ1v) is 4.77. The van der Waals surface area contributed by atoms with E-state index >= 15 is 0 Å². The summed E-state index contributed by atoms with van der Waals surface area (Å²) in [4.78, 5) is 0. The van der Waals surface area contributed by atoms with Crippen molar-refractivity contribution in [2.24, 2.45) is 5.41 Å². The third-order valence-corrected chi connectivity index (χ3v) is 2.03. The summed E-state index contributed by atoms with van der Waals surface area (Å²) >= 11 is 0. The molecule has 0 amide bonds. The molecule has 0 aliphatic rings. The van der Waals surface area contributed by atoms with E-state index in [0.717, 1.165) is 19.6 Å². The van der Waals surface area contributed by atoms with Crippen LogP contribution in [0.15, 0.2) is 0 Å². The SMILES string of the molecule is CCCOCC(NC)C(C)(C)C. The predicted octanol–water partition coefficient (Wildman–Crippen LogP) is 2.05. The molecular formula is C10H23NO. The Hall–Kier alpha value is -0.0800. The maximum absolute atomic E-state index is 5.50. The zero-order valence-electron chi connectivity index (χ0n) is 9.11. The van der Waals surface area contributed by atoms with E-state index < -0.39 is 0 Å². The Bertz CT molecular complexity index is 107. The lowest BCUT2D eigenvalue weighted by molar-refractivity contribution is 0.0790. The summed E-state index contributed by atoms with van der Waals surface area (Å²) in [5.74, 6) is 0. The van der Waals surface area contributed by atoms with Crippen molar-refractivity contribution in [3.8, 4) is 0 Å². The van der Waals surface area contributed by atoms with Gasteiger partial charge < -0.3 is 10.1 Å². The maximum Gasteiger partial charge on any atom is 0.0624 e. The van der Waals surface area contributed by atoms with E-state index in [1.54, 1.807) is 0 Å². The van der Waals surface area contributed by atoms with Gasteiger partial charge in [0.15, 0.2) is 0 Å². The van der Waals surface area contributed by atoms with E-state index in [0.29, 0.717) is 6.04 Å². The van der Waals surface area contributed by atoms with Gasteiger partial charge >= 0.3 is 0 Å². The van der Waals surface area contributed by atoms with Gasteiger partial charge in [0.2, 0.25) is 0 Å². The number of hydrogen-bond donors (Lipinski definition) is 1. The van der Waals surface area contributed by atoms with Crippen molar-refractivity contribution in [2.45, 2.75) is 40.2 Å². The van der Waals surface area contributed by atoms with Crippen LogP contribution < -0.4 is 5.32 Å². The van der Waals surface area contributed by atoms with Crippen LogP contribution in [0.1, 0.15) is 34.1 Å². The molecule has 0 aliphatic carbocycles. The molecule has 0 heterocycles. The lowest BCUT2D eigenvalue weighted by Crippen LogP contribution is -2.41. The molecule has 0 fully saturated rings. The molecule has 0 saturated heterocycles. The summed E-state index contributed by atoms with van der Waals surface area (Å²) < 4.78 is 5.50. The lowest BCUT2D eigenvalue weighted by Gasteiger charge is -2.30.